The van der Waals surface area contributed by atoms with Crippen molar-refractivity contribution >= 4 is 23.6 Å². The molecule has 1 aromatic heterocycles. The van der Waals surface area contributed by atoms with Crippen molar-refractivity contribution in [2.75, 3.05) is 45.1 Å². The fourth-order valence-electron chi connectivity index (χ4n) is 4.86. The van der Waals surface area contributed by atoms with Gasteiger partial charge < -0.3 is 14.5 Å². The number of aromatic nitrogens is 2. The minimum absolute atomic E-state index is 0.0593. The van der Waals surface area contributed by atoms with Gasteiger partial charge in [0.1, 0.15) is 0 Å². The van der Waals surface area contributed by atoms with E-state index in [0.717, 1.165) is 68.4 Å². The Labute approximate surface area is 168 Å². The zero-order valence-electron chi connectivity index (χ0n) is 16.0. The van der Waals surface area contributed by atoms with Gasteiger partial charge in [-0.25, -0.2) is 0 Å². The van der Waals surface area contributed by atoms with E-state index in [2.05, 4.69) is 10.2 Å². The molecule has 0 aliphatic carbocycles. The van der Waals surface area contributed by atoms with Crippen LogP contribution < -0.4 is 0 Å². The first-order valence-corrected chi connectivity index (χ1v) is 11.3. The fourth-order valence-corrected chi connectivity index (χ4v) is 5.80. The van der Waals surface area contributed by atoms with Crippen LogP contribution in [0.15, 0.2) is 11.6 Å². The van der Waals surface area contributed by atoms with Crippen molar-refractivity contribution in [1.82, 2.24) is 20.0 Å². The largest absolute Gasteiger partial charge is 0.377 e. The van der Waals surface area contributed by atoms with Gasteiger partial charge >= 0.3 is 0 Å². The molecule has 2 amide bonds. The van der Waals surface area contributed by atoms with Crippen LogP contribution in [0, 0.1) is 11.8 Å². The Morgan fingerprint density at radius 2 is 1.96 bits per heavy atom. The molecule has 0 unspecified atom stereocenters. The Hall–Kier alpha value is -1.80. The van der Waals surface area contributed by atoms with Gasteiger partial charge in [0.25, 0.3) is 5.91 Å². The van der Waals surface area contributed by atoms with Crippen LogP contribution in [0.3, 0.4) is 0 Å². The molecule has 2 atom stereocenters. The number of likely N-dealkylation sites (tertiary alicyclic amines) is 2. The predicted molar refractivity (Wildman–Crippen MR) is 106 cm³/mol. The van der Waals surface area contributed by atoms with Crippen molar-refractivity contribution in [3.8, 4) is 0 Å². The zero-order chi connectivity index (χ0) is 19.1. The molecule has 5 rings (SSSR count). The molecule has 7 nitrogen and oxygen atoms in total. The number of thioether (sulfide) groups is 1. The van der Waals surface area contributed by atoms with Crippen molar-refractivity contribution in [2.45, 2.75) is 25.0 Å². The van der Waals surface area contributed by atoms with Gasteiger partial charge in [-0.3, -0.25) is 14.7 Å². The lowest BCUT2D eigenvalue weighted by Gasteiger charge is -2.23. The molecule has 0 saturated carbocycles. The first kappa shape index (κ1) is 18.2. The summed E-state index contributed by atoms with van der Waals surface area (Å²) in [6.45, 7) is 4.36. The topological polar surface area (TPSA) is 78.5 Å². The molecule has 2 fully saturated rings. The Morgan fingerprint density at radius 1 is 1.18 bits per heavy atom. The molecule has 0 aromatic carbocycles. The number of nitrogens with one attached hydrogen (secondary N) is 1. The normalized spacial score (nSPS) is 26.8. The van der Waals surface area contributed by atoms with E-state index in [-0.39, 0.29) is 11.8 Å². The number of carbonyl (C=O) groups excluding carboxylic acids is 2. The number of carbonyl (C=O) groups is 2. The highest BCUT2D eigenvalue weighted by Crippen LogP contribution is 2.34. The van der Waals surface area contributed by atoms with Crippen LogP contribution in [0.1, 0.15) is 34.6 Å². The summed E-state index contributed by atoms with van der Waals surface area (Å²) in [7, 11) is 0. The lowest BCUT2D eigenvalue weighted by Crippen LogP contribution is -2.36. The molecule has 1 aromatic rings. The molecule has 1 N–H and O–H groups in total. The molecular formula is C20H26N4O3S. The van der Waals surface area contributed by atoms with E-state index in [1.807, 2.05) is 27.6 Å². The number of nitrogens with zero attached hydrogens (tertiary/aromatic N) is 3. The maximum atomic E-state index is 13.0. The monoisotopic (exact) mass is 402 g/mol. The standard InChI is InChI=1S/C20H26N4O3S/c25-18(7-13-1-4-27-5-2-13)23-8-14-10-24(11-15(14)9-23)20(26)19-16-3-6-28-12-17(16)21-22-19/h1,14-15H,2-12H2,(H,21,22)/t14-,15+. The molecule has 28 heavy (non-hydrogen) atoms. The highest BCUT2D eigenvalue weighted by atomic mass is 32.2. The van der Waals surface area contributed by atoms with Gasteiger partial charge in [-0.05, 0) is 18.6 Å². The average Bonchev–Trinajstić information content (AvgIpc) is 3.41. The number of rotatable bonds is 3. The molecule has 4 aliphatic rings. The van der Waals surface area contributed by atoms with E-state index < -0.39 is 0 Å². The smallest absolute Gasteiger partial charge is 0.274 e. The molecule has 150 valence electrons. The van der Waals surface area contributed by atoms with Crippen LogP contribution in [0.2, 0.25) is 0 Å². The maximum Gasteiger partial charge on any atom is 0.274 e. The van der Waals surface area contributed by atoms with E-state index in [9.17, 15) is 9.59 Å². The third-order valence-corrected chi connectivity index (χ3v) is 7.45. The Bertz CT molecular complexity index is 806. The number of hydrogen-bond donors (Lipinski definition) is 1. The van der Waals surface area contributed by atoms with Gasteiger partial charge in [0, 0.05) is 61.4 Å². The summed E-state index contributed by atoms with van der Waals surface area (Å²) in [5, 5.41) is 7.39. The summed E-state index contributed by atoms with van der Waals surface area (Å²) >= 11 is 1.88. The molecule has 0 bridgehead atoms. The second-order valence-electron chi connectivity index (χ2n) is 8.22. The molecule has 8 heteroatoms. The highest BCUT2D eigenvalue weighted by molar-refractivity contribution is 7.98. The van der Waals surface area contributed by atoms with Crippen LogP contribution in [0.5, 0.6) is 0 Å². The van der Waals surface area contributed by atoms with Crippen molar-refractivity contribution in [1.29, 1.82) is 0 Å². The third-order valence-electron chi connectivity index (χ3n) is 6.46. The van der Waals surface area contributed by atoms with Gasteiger partial charge in [-0.15, -0.1) is 0 Å². The maximum absolute atomic E-state index is 13.0. The summed E-state index contributed by atoms with van der Waals surface area (Å²) in [4.78, 5) is 29.6. The van der Waals surface area contributed by atoms with Gasteiger partial charge in [0.05, 0.1) is 13.2 Å². The number of H-pyrrole nitrogens is 1. The van der Waals surface area contributed by atoms with Crippen molar-refractivity contribution in [3.05, 3.63) is 28.6 Å². The number of fused-ring (bicyclic) bond motifs is 2. The van der Waals surface area contributed by atoms with Crippen LogP contribution in [0.25, 0.3) is 0 Å². The number of ether oxygens (including phenoxy) is 1. The summed E-state index contributed by atoms with van der Waals surface area (Å²) in [5.41, 5.74) is 4.04. The third kappa shape index (κ3) is 3.37. The first-order chi connectivity index (χ1) is 13.7. The second-order valence-corrected chi connectivity index (χ2v) is 9.33. The summed E-state index contributed by atoms with van der Waals surface area (Å²) in [5.74, 6) is 3.03. The predicted octanol–water partition coefficient (Wildman–Crippen LogP) is 1.47. The number of hydrogen-bond acceptors (Lipinski definition) is 5. The summed E-state index contributed by atoms with van der Waals surface area (Å²) in [6, 6.07) is 0. The lowest BCUT2D eigenvalue weighted by atomic mass is 10.0. The van der Waals surface area contributed by atoms with E-state index in [1.54, 1.807) is 0 Å². The molecule has 2 saturated heterocycles. The van der Waals surface area contributed by atoms with Gasteiger partial charge in [-0.1, -0.05) is 11.6 Å². The van der Waals surface area contributed by atoms with E-state index in [4.69, 9.17) is 4.74 Å². The van der Waals surface area contributed by atoms with Crippen LogP contribution in [-0.4, -0.2) is 77.0 Å². The zero-order valence-corrected chi connectivity index (χ0v) is 16.8. The molecule has 0 spiro atoms. The van der Waals surface area contributed by atoms with E-state index >= 15 is 0 Å². The molecular weight excluding hydrogens is 376 g/mol. The highest BCUT2D eigenvalue weighted by Gasteiger charge is 2.43. The summed E-state index contributed by atoms with van der Waals surface area (Å²) < 4.78 is 5.32. The van der Waals surface area contributed by atoms with Crippen molar-refractivity contribution < 1.29 is 14.3 Å². The Balaban J connectivity index is 1.19. The van der Waals surface area contributed by atoms with Crippen molar-refractivity contribution in [2.24, 2.45) is 11.8 Å². The molecule has 0 radical (unpaired) electrons. The minimum atomic E-state index is 0.0593. The molecule has 4 aliphatic heterocycles. The van der Waals surface area contributed by atoms with Gasteiger partial charge in [-0.2, -0.15) is 16.9 Å². The van der Waals surface area contributed by atoms with Crippen molar-refractivity contribution in [3.63, 3.8) is 0 Å². The van der Waals surface area contributed by atoms with Crippen LogP contribution in [-0.2, 0) is 21.7 Å². The number of aromatic amines is 1. The van der Waals surface area contributed by atoms with Crippen LogP contribution in [0.4, 0.5) is 0 Å². The minimum Gasteiger partial charge on any atom is -0.377 e. The SMILES string of the molecule is O=C(CC1=CCOCC1)N1C[C@@H]2CN(C(=O)c3n[nH]c4c3CCSC4)C[C@@H]2C1. The van der Waals surface area contributed by atoms with E-state index in [1.165, 1.54) is 5.57 Å². The first-order valence-electron chi connectivity index (χ1n) is 10.2. The lowest BCUT2D eigenvalue weighted by molar-refractivity contribution is -0.129. The Kier molecular flexibility index (Phi) is 4.92. The van der Waals surface area contributed by atoms with Gasteiger partial charge in [0.2, 0.25) is 5.91 Å². The van der Waals surface area contributed by atoms with Gasteiger partial charge in [0.15, 0.2) is 5.69 Å². The fraction of sp³-hybridized carbons (Fsp3) is 0.650. The number of amides is 2. The van der Waals surface area contributed by atoms with E-state index in [0.29, 0.717) is 30.6 Å². The second kappa shape index (κ2) is 7.55. The Morgan fingerprint density at radius 3 is 2.71 bits per heavy atom. The quantitative estimate of drug-likeness (QED) is 0.775. The summed E-state index contributed by atoms with van der Waals surface area (Å²) in [6.07, 6.45) is 4.34. The van der Waals surface area contributed by atoms with Crippen LogP contribution >= 0.6 is 11.8 Å². The average molecular weight is 403 g/mol. The molecule has 5 heterocycles.